The summed E-state index contributed by atoms with van der Waals surface area (Å²) in [6, 6.07) is 3.30. The minimum Gasteiger partial charge on any atom is -0.376 e. The zero-order valence-corrected chi connectivity index (χ0v) is 8.80. The predicted octanol–water partition coefficient (Wildman–Crippen LogP) is 3.01. The molecule has 0 fully saturated rings. The lowest BCUT2D eigenvalue weighted by Gasteiger charge is -2.13. The van der Waals surface area contributed by atoms with Gasteiger partial charge in [0.25, 0.3) is 0 Å². The van der Waals surface area contributed by atoms with E-state index >= 15 is 0 Å². The minimum atomic E-state index is -4.50. The van der Waals surface area contributed by atoms with Crippen LogP contribution in [0.25, 0.3) is 0 Å². The van der Waals surface area contributed by atoms with Crippen molar-refractivity contribution >= 4 is 34.6 Å². The van der Waals surface area contributed by atoms with E-state index in [0.717, 1.165) is 6.07 Å². The number of hydrogen-bond acceptors (Lipinski definition) is 1. The highest BCUT2D eigenvalue weighted by atomic mass is 35.5. The van der Waals surface area contributed by atoms with Gasteiger partial charge in [-0.25, -0.2) is 0 Å². The van der Waals surface area contributed by atoms with Gasteiger partial charge in [-0.2, -0.15) is 13.2 Å². The normalized spacial score (nSPS) is 11.2. The van der Waals surface area contributed by atoms with Crippen molar-refractivity contribution in [2.75, 3.05) is 5.32 Å². The third kappa shape index (κ3) is 3.24. The molecule has 7 heteroatoms. The summed E-state index contributed by atoms with van der Waals surface area (Å²) in [7, 11) is 0. The molecule has 0 atom stereocenters. The van der Waals surface area contributed by atoms with Gasteiger partial charge in [-0.3, -0.25) is 0 Å². The van der Waals surface area contributed by atoms with Crippen LogP contribution in [-0.2, 0) is 6.18 Å². The molecule has 0 radical (unpaired) electrons. The Bertz CT molecular complexity index is 392. The number of benzene rings is 1. The Morgan fingerprint density at radius 2 is 2.00 bits per heavy atom. The number of thiocarbonyl (C=S) groups is 1. The molecule has 2 nitrogen and oxygen atoms in total. The number of nitrogens with one attached hydrogen (secondary N) is 1. The Kier molecular flexibility index (Phi) is 3.41. The van der Waals surface area contributed by atoms with Crippen LogP contribution in [0.1, 0.15) is 5.56 Å². The standard InChI is InChI=1S/C8H6ClF3N2S/c9-4-1-2-6(14-7(13)15)5(3-4)8(10,11)12/h1-3H,(H3,13,14,15). The molecule has 0 saturated carbocycles. The molecular formula is C8H6ClF3N2S. The van der Waals surface area contributed by atoms with Crippen molar-refractivity contribution in [3.8, 4) is 0 Å². The molecule has 15 heavy (non-hydrogen) atoms. The molecular weight excluding hydrogens is 249 g/mol. The highest BCUT2D eigenvalue weighted by Gasteiger charge is 2.33. The van der Waals surface area contributed by atoms with Crippen LogP contribution in [0.15, 0.2) is 18.2 Å². The van der Waals surface area contributed by atoms with E-state index in [4.69, 9.17) is 17.3 Å². The summed E-state index contributed by atoms with van der Waals surface area (Å²) in [5.41, 5.74) is 3.99. The van der Waals surface area contributed by atoms with Gasteiger partial charge in [0.15, 0.2) is 5.11 Å². The highest BCUT2D eigenvalue weighted by Crippen LogP contribution is 2.36. The second-order valence-electron chi connectivity index (χ2n) is 2.68. The topological polar surface area (TPSA) is 38.0 Å². The van der Waals surface area contributed by atoms with Crippen LogP contribution in [-0.4, -0.2) is 5.11 Å². The Morgan fingerprint density at radius 1 is 1.40 bits per heavy atom. The molecule has 0 unspecified atom stereocenters. The number of anilines is 1. The average Bonchev–Trinajstić information content (AvgIpc) is 2.05. The van der Waals surface area contributed by atoms with E-state index in [0.29, 0.717) is 0 Å². The summed E-state index contributed by atoms with van der Waals surface area (Å²) in [4.78, 5) is 0. The van der Waals surface area contributed by atoms with Crippen molar-refractivity contribution in [1.29, 1.82) is 0 Å². The number of hydrogen-bond donors (Lipinski definition) is 2. The van der Waals surface area contributed by atoms with Gasteiger partial charge in [0.1, 0.15) is 0 Å². The van der Waals surface area contributed by atoms with Gasteiger partial charge in [0.05, 0.1) is 11.3 Å². The summed E-state index contributed by atoms with van der Waals surface area (Å²) in [6.07, 6.45) is -4.50. The van der Waals surface area contributed by atoms with Crippen LogP contribution in [0, 0.1) is 0 Å². The van der Waals surface area contributed by atoms with Gasteiger partial charge in [-0.05, 0) is 30.4 Å². The zero-order valence-electron chi connectivity index (χ0n) is 7.23. The van der Waals surface area contributed by atoms with E-state index in [9.17, 15) is 13.2 Å². The molecule has 1 rings (SSSR count). The van der Waals surface area contributed by atoms with Crippen molar-refractivity contribution in [2.24, 2.45) is 5.73 Å². The van der Waals surface area contributed by atoms with Gasteiger partial charge < -0.3 is 11.1 Å². The monoisotopic (exact) mass is 254 g/mol. The van der Waals surface area contributed by atoms with Gasteiger partial charge in [0, 0.05) is 5.02 Å². The number of nitrogens with two attached hydrogens (primary N) is 1. The quantitative estimate of drug-likeness (QED) is 0.757. The van der Waals surface area contributed by atoms with Crippen molar-refractivity contribution in [3.63, 3.8) is 0 Å². The van der Waals surface area contributed by atoms with Crippen molar-refractivity contribution in [3.05, 3.63) is 28.8 Å². The predicted molar refractivity (Wildman–Crippen MR) is 56.9 cm³/mol. The first kappa shape index (κ1) is 12.1. The first-order valence-electron chi connectivity index (χ1n) is 3.74. The summed E-state index contributed by atoms with van der Waals surface area (Å²) in [5, 5.41) is 2.00. The molecule has 0 aromatic heterocycles. The van der Waals surface area contributed by atoms with Gasteiger partial charge in [0.2, 0.25) is 0 Å². The molecule has 0 aliphatic heterocycles. The fourth-order valence-electron chi connectivity index (χ4n) is 0.993. The second-order valence-corrected chi connectivity index (χ2v) is 3.55. The fraction of sp³-hybridized carbons (Fsp3) is 0.125. The second kappa shape index (κ2) is 4.24. The van der Waals surface area contributed by atoms with Gasteiger partial charge in [-0.15, -0.1) is 0 Å². The third-order valence-corrected chi connectivity index (χ3v) is 1.88. The molecule has 0 saturated heterocycles. The van der Waals surface area contributed by atoms with Crippen LogP contribution in [0.2, 0.25) is 5.02 Å². The molecule has 0 heterocycles. The summed E-state index contributed by atoms with van der Waals surface area (Å²) in [6.45, 7) is 0. The molecule has 82 valence electrons. The van der Waals surface area contributed by atoms with E-state index < -0.39 is 11.7 Å². The average molecular weight is 255 g/mol. The molecule has 0 bridgehead atoms. The molecule has 0 aliphatic rings. The lowest BCUT2D eigenvalue weighted by Crippen LogP contribution is -2.21. The first-order chi connectivity index (χ1) is 6.80. The third-order valence-electron chi connectivity index (χ3n) is 1.54. The highest BCUT2D eigenvalue weighted by molar-refractivity contribution is 7.80. The zero-order chi connectivity index (χ0) is 11.6. The van der Waals surface area contributed by atoms with Crippen LogP contribution < -0.4 is 11.1 Å². The summed E-state index contributed by atoms with van der Waals surface area (Å²) >= 11 is 9.93. The molecule has 1 aromatic rings. The van der Waals surface area contributed by atoms with Gasteiger partial charge in [-0.1, -0.05) is 11.6 Å². The molecule has 0 amide bonds. The van der Waals surface area contributed by atoms with E-state index in [1.165, 1.54) is 12.1 Å². The van der Waals surface area contributed by atoms with Crippen molar-refractivity contribution in [1.82, 2.24) is 0 Å². The number of halogens is 4. The minimum absolute atomic E-state index is 0.00388. The van der Waals surface area contributed by atoms with Crippen LogP contribution >= 0.6 is 23.8 Å². The Labute approximate surface area is 94.2 Å². The van der Waals surface area contributed by atoms with Gasteiger partial charge >= 0.3 is 6.18 Å². The van der Waals surface area contributed by atoms with E-state index in [1.807, 2.05) is 0 Å². The van der Waals surface area contributed by atoms with E-state index in [-0.39, 0.29) is 15.8 Å². The van der Waals surface area contributed by atoms with Crippen molar-refractivity contribution in [2.45, 2.75) is 6.18 Å². The largest absolute Gasteiger partial charge is 0.418 e. The smallest absolute Gasteiger partial charge is 0.376 e. The van der Waals surface area contributed by atoms with Crippen LogP contribution in [0.3, 0.4) is 0 Å². The van der Waals surface area contributed by atoms with Crippen LogP contribution in [0.5, 0.6) is 0 Å². The maximum absolute atomic E-state index is 12.5. The number of rotatable bonds is 1. The number of alkyl halides is 3. The Balaban J connectivity index is 3.20. The lowest BCUT2D eigenvalue weighted by atomic mass is 10.1. The maximum Gasteiger partial charge on any atom is 0.418 e. The first-order valence-corrected chi connectivity index (χ1v) is 4.52. The van der Waals surface area contributed by atoms with Crippen molar-refractivity contribution < 1.29 is 13.2 Å². The molecule has 3 N–H and O–H groups in total. The summed E-state index contributed by atoms with van der Waals surface area (Å²) in [5.74, 6) is 0. The molecule has 0 aliphatic carbocycles. The maximum atomic E-state index is 12.5. The molecule has 1 aromatic carbocycles. The fourth-order valence-corrected chi connectivity index (χ4v) is 1.27. The SMILES string of the molecule is NC(=S)Nc1ccc(Cl)cc1C(F)(F)F. The Hall–Kier alpha value is -1.01. The summed E-state index contributed by atoms with van der Waals surface area (Å²) < 4.78 is 37.5. The van der Waals surface area contributed by atoms with Crippen LogP contribution in [0.4, 0.5) is 18.9 Å². The van der Waals surface area contributed by atoms with E-state index in [2.05, 4.69) is 17.5 Å². The Morgan fingerprint density at radius 3 is 2.47 bits per heavy atom. The lowest BCUT2D eigenvalue weighted by molar-refractivity contribution is -0.136. The molecule has 0 spiro atoms. The van der Waals surface area contributed by atoms with E-state index in [1.54, 1.807) is 0 Å².